The van der Waals surface area contributed by atoms with Crippen molar-refractivity contribution in [3.63, 3.8) is 0 Å². The Morgan fingerprint density at radius 3 is 1.00 bits per heavy atom. The minimum absolute atomic E-state index is 0.104. The zero-order valence-corrected chi connectivity index (χ0v) is 35.7. The van der Waals surface area contributed by atoms with Crippen LogP contribution in [0.3, 0.4) is 0 Å². The van der Waals surface area contributed by atoms with Crippen LogP contribution in [-0.2, 0) is 36.0 Å². The van der Waals surface area contributed by atoms with E-state index in [2.05, 4.69) is 167 Å². The van der Waals surface area contributed by atoms with E-state index in [9.17, 15) is 14.4 Å². The molecule has 3 aromatic carbocycles. The van der Waals surface area contributed by atoms with Crippen molar-refractivity contribution in [1.82, 2.24) is 0 Å². The predicted molar refractivity (Wildman–Crippen MR) is 233 cm³/mol. The van der Waals surface area contributed by atoms with Gasteiger partial charge in [0.25, 0.3) is 0 Å². The van der Waals surface area contributed by atoms with E-state index in [4.69, 9.17) is 0 Å². The number of nitrogens with one attached hydrogen (secondary N) is 3. The SMILES string of the molecule is Cc1cc(-c2ccc(-c3cc(C(C)(C)C)cc(C(C)(C)C)c3NC=O)s2)c(NC=O)c(-c2ccc(-c3cc(C(C)(C)C)cc(C(C)(C)C)c3NC=O)s2)c1. The van der Waals surface area contributed by atoms with Gasteiger partial charge in [-0.15, -0.1) is 22.7 Å². The van der Waals surface area contributed by atoms with Gasteiger partial charge in [0.15, 0.2) is 0 Å². The molecule has 0 atom stereocenters. The first-order valence-corrected chi connectivity index (χ1v) is 20.1. The number of hydrogen-bond acceptors (Lipinski definition) is 5. The number of carbonyl (C=O) groups excluding carboxylic acids is 3. The van der Waals surface area contributed by atoms with Gasteiger partial charge in [-0.05, 0) is 105 Å². The lowest BCUT2D eigenvalue weighted by Crippen LogP contribution is -2.19. The van der Waals surface area contributed by atoms with Gasteiger partial charge < -0.3 is 16.0 Å². The van der Waals surface area contributed by atoms with E-state index in [1.165, 1.54) is 11.1 Å². The van der Waals surface area contributed by atoms with Crippen LogP contribution in [0.25, 0.3) is 41.8 Å². The van der Waals surface area contributed by atoms with E-state index >= 15 is 0 Å². The molecule has 2 aromatic heterocycles. The molecule has 5 rings (SSSR count). The van der Waals surface area contributed by atoms with Crippen molar-refractivity contribution < 1.29 is 14.4 Å². The third kappa shape index (κ3) is 8.40. The molecule has 5 aromatic rings. The van der Waals surface area contributed by atoms with Crippen LogP contribution in [0.5, 0.6) is 0 Å². The normalized spacial score (nSPS) is 12.4. The van der Waals surface area contributed by atoms with Crippen LogP contribution >= 0.6 is 22.7 Å². The van der Waals surface area contributed by atoms with Gasteiger partial charge in [-0.3, -0.25) is 14.4 Å². The fourth-order valence-corrected chi connectivity index (χ4v) is 8.90. The van der Waals surface area contributed by atoms with E-state index in [0.717, 1.165) is 94.7 Å². The second-order valence-corrected chi connectivity index (χ2v) is 20.4. The Kier molecular flexibility index (Phi) is 11.3. The van der Waals surface area contributed by atoms with Gasteiger partial charge >= 0.3 is 0 Å². The van der Waals surface area contributed by atoms with E-state index in [-0.39, 0.29) is 21.7 Å². The van der Waals surface area contributed by atoms with Crippen LogP contribution in [0.2, 0.25) is 0 Å². The fourth-order valence-electron chi connectivity index (χ4n) is 6.80. The quantitative estimate of drug-likeness (QED) is 0.124. The standard InChI is InChI=1S/C46H55N3O3S2/c1-27-18-30(36-14-16-38(53-36)32-20-28(43(2,3)4)22-34(45(8,9)10)41(32)48-25-51)40(47-24-50)31(19-27)37-15-17-39(54-37)33-21-29(44(5,6)7)23-35(46(11,12)13)42(33)49-26-52/h14-26H,1-13H3,(H,47,50)(H,48,51)(H,49,52). The first kappa shape index (κ1) is 40.7. The molecule has 0 saturated carbocycles. The van der Waals surface area contributed by atoms with Crippen molar-refractivity contribution in [2.75, 3.05) is 16.0 Å². The summed E-state index contributed by atoms with van der Waals surface area (Å²) in [4.78, 5) is 40.2. The molecule has 54 heavy (non-hydrogen) atoms. The third-order valence-corrected chi connectivity index (χ3v) is 12.1. The second-order valence-electron chi connectivity index (χ2n) is 18.2. The predicted octanol–water partition coefficient (Wildman–Crippen LogP) is 12.7. The van der Waals surface area contributed by atoms with Gasteiger partial charge in [0, 0.05) is 41.8 Å². The van der Waals surface area contributed by atoms with Crippen molar-refractivity contribution >= 4 is 59.0 Å². The van der Waals surface area contributed by atoms with E-state index in [1.807, 2.05) is 0 Å². The van der Waals surface area contributed by atoms with Gasteiger partial charge in [-0.2, -0.15) is 0 Å². The summed E-state index contributed by atoms with van der Waals surface area (Å²) in [6, 6.07) is 21.5. The highest BCUT2D eigenvalue weighted by molar-refractivity contribution is 7.19. The highest BCUT2D eigenvalue weighted by atomic mass is 32.1. The molecule has 0 radical (unpaired) electrons. The van der Waals surface area contributed by atoms with Crippen molar-refractivity contribution in [2.45, 2.75) is 112 Å². The number of amides is 3. The topological polar surface area (TPSA) is 87.3 Å². The summed E-state index contributed by atoms with van der Waals surface area (Å²) in [5, 5.41) is 9.15. The zero-order chi connectivity index (χ0) is 40.0. The van der Waals surface area contributed by atoms with Crippen molar-refractivity contribution in [3.8, 4) is 41.8 Å². The summed E-state index contributed by atoms with van der Waals surface area (Å²) in [5.74, 6) is 0. The maximum Gasteiger partial charge on any atom is 0.211 e. The van der Waals surface area contributed by atoms with Crippen molar-refractivity contribution in [3.05, 3.63) is 88.5 Å². The Morgan fingerprint density at radius 2 is 0.722 bits per heavy atom. The van der Waals surface area contributed by atoms with E-state index in [0.29, 0.717) is 0 Å². The number of aryl methyl sites for hydroxylation is 1. The van der Waals surface area contributed by atoms with Crippen LogP contribution in [0.4, 0.5) is 17.1 Å². The zero-order valence-electron chi connectivity index (χ0n) is 34.0. The third-order valence-electron chi connectivity index (χ3n) is 9.79. The Hall–Kier alpha value is -4.53. The van der Waals surface area contributed by atoms with Gasteiger partial charge in [-0.25, -0.2) is 0 Å². The Balaban J connectivity index is 1.70. The number of rotatable bonds is 10. The molecule has 0 saturated heterocycles. The van der Waals surface area contributed by atoms with Gasteiger partial charge in [0.05, 0.1) is 17.1 Å². The molecular weight excluding hydrogens is 707 g/mol. The first-order chi connectivity index (χ1) is 25.1. The summed E-state index contributed by atoms with van der Waals surface area (Å²) in [7, 11) is 0. The molecular formula is C46H55N3O3S2. The summed E-state index contributed by atoms with van der Waals surface area (Å²) >= 11 is 3.28. The van der Waals surface area contributed by atoms with Crippen LogP contribution in [0.15, 0.2) is 60.7 Å². The Labute approximate surface area is 329 Å². The molecule has 6 nitrogen and oxygen atoms in total. The number of anilines is 3. The van der Waals surface area contributed by atoms with Crippen molar-refractivity contribution in [1.29, 1.82) is 0 Å². The molecule has 0 bridgehead atoms. The number of hydrogen-bond donors (Lipinski definition) is 3. The molecule has 0 aliphatic carbocycles. The molecule has 3 amide bonds. The smallest absolute Gasteiger partial charge is 0.211 e. The molecule has 284 valence electrons. The average molecular weight is 762 g/mol. The average Bonchev–Trinajstić information content (AvgIpc) is 3.75. The molecule has 8 heteroatoms. The summed E-state index contributed by atoms with van der Waals surface area (Å²) in [6.45, 7) is 28.3. The van der Waals surface area contributed by atoms with E-state index in [1.54, 1.807) is 22.7 Å². The summed E-state index contributed by atoms with van der Waals surface area (Å²) in [6.07, 6.45) is 2.26. The Bertz CT molecular complexity index is 2060. The second kappa shape index (κ2) is 15.0. The summed E-state index contributed by atoms with van der Waals surface area (Å²) in [5.41, 5.74) is 11.1. The molecule has 0 aliphatic heterocycles. The number of benzene rings is 3. The van der Waals surface area contributed by atoms with E-state index < -0.39 is 0 Å². The van der Waals surface area contributed by atoms with Crippen LogP contribution < -0.4 is 16.0 Å². The molecule has 0 spiro atoms. The number of carbonyl (C=O) groups is 3. The maximum absolute atomic E-state index is 12.3. The minimum Gasteiger partial charge on any atom is -0.328 e. The van der Waals surface area contributed by atoms with Crippen LogP contribution in [0.1, 0.15) is 111 Å². The Morgan fingerprint density at radius 1 is 0.426 bits per heavy atom. The van der Waals surface area contributed by atoms with Gasteiger partial charge in [-0.1, -0.05) is 95.2 Å². The van der Waals surface area contributed by atoms with Gasteiger partial charge in [0.1, 0.15) is 0 Å². The van der Waals surface area contributed by atoms with Crippen LogP contribution in [-0.4, -0.2) is 19.2 Å². The van der Waals surface area contributed by atoms with Crippen LogP contribution in [0, 0.1) is 6.92 Å². The maximum atomic E-state index is 12.3. The van der Waals surface area contributed by atoms with Crippen molar-refractivity contribution in [2.24, 2.45) is 0 Å². The monoisotopic (exact) mass is 761 g/mol. The lowest BCUT2D eigenvalue weighted by molar-refractivity contribution is -0.106. The molecule has 2 heterocycles. The minimum atomic E-state index is -0.208. The first-order valence-electron chi connectivity index (χ1n) is 18.4. The molecule has 0 unspecified atom stereocenters. The fraction of sp³-hybridized carbons (Fsp3) is 0.370. The molecule has 0 fully saturated rings. The highest BCUT2D eigenvalue weighted by Crippen LogP contribution is 2.49. The largest absolute Gasteiger partial charge is 0.328 e. The lowest BCUT2D eigenvalue weighted by atomic mass is 9.78. The number of thiophene rings is 2. The lowest BCUT2D eigenvalue weighted by Gasteiger charge is -2.29. The summed E-state index contributed by atoms with van der Waals surface area (Å²) < 4.78 is 0. The van der Waals surface area contributed by atoms with Gasteiger partial charge in [0.2, 0.25) is 19.2 Å². The molecule has 3 N–H and O–H groups in total. The molecule has 0 aliphatic rings. The highest BCUT2D eigenvalue weighted by Gasteiger charge is 2.28.